The van der Waals surface area contributed by atoms with Crippen molar-refractivity contribution in [3.8, 4) is 22.6 Å². The highest BCUT2D eigenvalue weighted by molar-refractivity contribution is 7.89. The quantitative estimate of drug-likeness (QED) is 0.431. The molecule has 206 valence electrons. The molecule has 1 unspecified atom stereocenters. The highest BCUT2D eigenvalue weighted by Gasteiger charge is 2.50. The van der Waals surface area contributed by atoms with Gasteiger partial charge in [-0.1, -0.05) is 36.4 Å². The third-order valence-corrected chi connectivity index (χ3v) is 10.3. The molecule has 0 spiro atoms. The van der Waals surface area contributed by atoms with Crippen LogP contribution in [0.2, 0.25) is 0 Å². The van der Waals surface area contributed by atoms with Gasteiger partial charge in [-0.2, -0.15) is 4.31 Å². The first-order valence-corrected chi connectivity index (χ1v) is 15.0. The lowest BCUT2D eigenvalue weighted by atomic mass is 9.87. The predicted molar refractivity (Wildman–Crippen MR) is 149 cm³/mol. The van der Waals surface area contributed by atoms with E-state index in [9.17, 15) is 18.3 Å². The number of ether oxygens (including phenoxy) is 2. The molecule has 1 N–H and O–H groups in total. The summed E-state index contributed by atoms with van der Waals surface area (Å²) in [5.41, 5.74) is 4.40. The van der Waals surface area contributed by atoms with Crippen LogP contribution in [0.1, 0.15) is 43.8 Å². The number of piperidine rings is 1. The Bertz CT molecular complexity index is 1520. The topological polar surface area (TPSA) is 93.1 Å². The monoisotopic (exact) mass is 549 g/mol. The molecule has 0 bridgehead atoms. The van der Waals surface area contributed by atoms with Crippen LogP contribution in [0.4, 0.5) is 0 Å². The standard InChI is InChI=1S/C31H33NO6S.H2/c1-21-4-5-22(16-30(34)31(12-13-31)25-8-11-28-29(17-25)38-20-37-28)15-27(21)24-6-9-26(10-7-24)39(35,36)32-14-2-3-23(18-32)19-33;/h4-11,15,17,23,33H,2-3,12-14,16,18-20H2,1H3;1H. The van der Waals surface area contributed by atoms with Crippen LogP contribution in [0.5, 0.6) is 11.5 Å². The van der Waals surface area contributed by atoms with Crippen molar-refractivity contribution in [1.29, 1.82) is 0 Å². The number of hydrogen-bond donors (Lipinski definition) is 1. The van der Waals surface area contributed by atoms with Gasteiger partial charge in [-0.05, 0) is 90.6 Å². The van der Waals surface area contributed by atoms with Crippen LogP contribution < -0.4 is 9.47 Å². The Balaban J connectivity index is 0.00000323. The van der Waals surface area contributed by atoms with E-state index in [-0.39, 0.29) is 31.4 Å². The van der Waals surface area contributed by atoms with Crippen molar-refractivity contribution in [2.24, 2.45) is 5.92 Å². The number of ketones is 1. The van der Waals surface area contributed by atoms with E-state index in [1.54, 1.807) is 12.1 Å². The molecular weight excluding hydrogens is 514 g/mol. The molecule has 7 nitrogen and oxygen atoms in total. The van der Waals surface area contributed by atoms with Crippen LogP contribution in [0, 0.1) is 12.8 Å². The van der Waals surface area contributed by atoms with Crippen LogP contribution in [-0.4, -0.2) is 50.1 Å². The van der Waals surface area contributed by atoms with Crippen LogP contribution in [-0.2, 0) is 26.7 Å². The summed E-state index contributed by atoms with van der Waals surface area (Å²) in [7, 11) is -3.62. The maximum Gasteiger partial charge on any atom is 0.243 e. The molecule has 0 amide bonds. The average molecular weight is 550 g/mol. The van der Waals surface area contributed by atoms with Crippen molar-refractivity contribution in [3.05, 3.63) is 77.4 Å². The number of hydrogen-bond acceptors (Lipinski definition) is 6. The third kappa shape index (κ3) is 4.86. The molecule has 0 radical (unpaired) electrons. The number of sulfonamides is 1. The summed E-state index contributed by atoms with van der Waals surface area (Å²) >= 11 is 0. The minimum Gasteiger partial charge on any atom is -0.454 e. The van der Waals surface area contributed by atoms with E-state index in [4.69, 9.17) is 9.47 Å². The Morgan fingerprint density at radius 2 is 1.82 bits per heavy atom. The lowest BCUT2D eigenvalue weighted by Crippen LogP contribution is -2.40. The van der Waals surface area contributed by atoms with E-state index >= 15 is 0 Å². The molecule has 8 heteroatoms. The van der Waals surface area contributed by atoms with Gasteiger partial charge in [0.15, 0.2) is 11.5 Å². The van der Waals surface area contributed by atoms with Gasteiger partial charge in [-0.15, -0.1) is 0 Å². The van der Waals surface area contributed by atoms with Gasteiger partial charge < -0.3 is 14.6 Å². The average Bonchev–Trinajstić information content (AvgIpc) is 3.64. The third-order valence-electron chi connectivity index (χ3n) is 8.42. The van der Waals surface area contributed by atoms with Crippen LogP contribution in [0.15, 0.2) is 65.6 Å². The van der Waals surface area contributed by atoms with Crippen molar-refractivity contribution in [3.63, 3.8) is 0 Å². The molecule has 0 aromatic heterocycles. The molecule has 1 saturated carbocycles. The fourth-order valence-corrected chi connectivity index (χ4v) is 7.40. The van der Waals surface area contributed by atoms with Gasteiger partial charge in [0.25, 0.3) is 0 Å². The molecule has 39 heavy (non-hydrogen) atoms. The second-order valence-electron chi connectivity index (χ2n) is 11.0. The highest BCUT2D eigenvalue weighted by Crippen LogP contribution is 2.51. The van der Waals surface area contributed by atoms with Gasteiger partial charge in [0.05, 0.1) is 10.3 Å². The number of fused-ring (bicyclic) bond motifs is 1. The van der Waals surface area contributed by atoms with E-state index in [1.807, 2.05) is 55.5 Å². The summed E-state index contributed by atoms with van der Waals surface area (Å²) in [5, 5.41) is 9.50. The lowest BCUT2D eigenvalue weighted by molar-refractivity contribution is -0.120. The summed E-state index contributed by atoms with van der Waals surface area (Å²) in [6, 6.07) is 18.8. The van der Waals surface area contributed by atoms with E-state index < -0.39 is 15.4 Å². The van der Waals surface area contributed by atoms with Crippen molar-refractivity contribution in [1.82, 2.24) is 4.31 Å². The molecule has 2 aliphatic heterocycles. The highest BCUT2D eigenvalue weighted by atomic mass is 32.2. The van der Waals surface area contributed by atoms with Gasteiger partial charge in [-0.3, -0.25) is 4.79 Å². The number of carbonyl (C=O) groups is 1. The zero-order chi connectivity index (χ0) is 27.2. The number of nitrogens with zero attached hydrogens (tertiary/aromatic N) is 1. The number of aliphatic hydroxyl groups excluding tert-OH is 1. The fraction of sp³-hybridized carbons (Fsp3) is 0.387. The summed E-state index contributed by atoms with van der Waals surface area (Å²) in [6.07, 6.45) is 3.59. The number of aliphatic hydroxyl groups is 1. The van der Waals surface area contributed by atoms with Gasteiger partial charge in [0.2, 0.25) is 16.8 Å². The maximum absolute atomic E-state index is 13.5. The van der Waals surface area contributed by atoms with Gasteiger partial charge >= 0.3 is 0 Å². The van der Waals surface area contributed by atoms with E-state index in [0.29, 0.717) is 31.0 Å². The number of Topliss-reactive ketones (excluding diaryl/α,β-unsaturated/α-hetero) is 1. The largest absolute Gasteiger partial charge is 0.454 e. The molecule has 6 rings (SSSR count). The number of aryl methyl sites for hydroxylation is 1. The maximum atomic E-state index is 13.5. The molecule has 1 aliphatic carbocycles. The summed E-state index contributed by atoms with van der Waals surface area (Å²) < 4.78 is 38.9. The van der Waals surface area contributed by atoms with Crippen molar-refractivity contribution >= 4 is 15.8 Å². The zero-order valence-corrected chi connectivity index (χ0v) is 22.9. The summed E-state index contributed by atoms with van der Waals surface area (Å²) in [6.45, 7) is 3.05. The SMILES string of the molecule is Cc1ccc(CC(=O)C2(c3ccc4c(c3)OCO4)CC2)cc1-c1ccc(S(=O)(=O)N2CCCC(CO)C2)cc1.[HH]. The molecule has 2 fully saturated rings. The molecule has 3 aliphatic rings. The first-order valence-electron chi connectivity index (χ1n) is 13.5. The van der Waals surface area contributed by atoms with Gasteiger partial charge in [0.1, 0.15) is 5.78 Å². The molecule has 1 atom stereocenters. The lowest BCUT2D eigenvalue weighted by Gasteiger charge is -2.31. The number of benzene rings is 3. The molecule has 3 aromatic carbocycles. The minimum absolute atomic E-state index is 0. The smallest absolute Gasteiger partial charge is 0.243 e. The van der Waals surface area contributed by atoms with E-state index in [0.717, 1.165) is 53.5 Å². The Morgan fingerprint density at radius 1 is 1.05 bits per heavy atom. The first-order chi connectivity index (χ1) is 18.8. The number of rotatable bonds is 8. The summed E-state index contributed by atoms with van der Waals surface area (Å²) in [4.78, 5) is 13.8. The van der Waals surface area contributed by atoms with Crippen molar-refractivity contribution in [2.45, 2.75) is 49.3 Å². The van der Waals surface area contributed by atoms with Crippen LogP contribution in [0.25, 0.3) is 11.1 Å². The summed E-state index contributed by atoms with van der Waals surface area (Å²) in [5.74, 6) is 1.60. The zero-order valence-electron chi connectivity index (χ0n) is 22.1. The fourth-order valence-electron chi connectivity index (χ4n) is 5.84. The molecular formula is C31H35NO6S. The number of carbonyl (C=O) groups excluding carboxylic acids is 1. The van der Waals surface area contributed by atoms with Crippen LogP contribution >= 0.6 is 0 Å². The van der Waals surface area contributed by atoms with Gasteiger partial charge in [-0.25, -0.2) is 8.42 Å². The van der Waals surface area contributed by atoms with Crippen molar-refractivity contribution in [2.75, 3.05) is 26.5 Å². The van der Waals surface area contributed by atoms with Crippen molar-refractivity contribution < 1.29 is 29.2 Å². The van der Waals surface area contributed by atoms with Gasteiger partial charge in [0, 0.05) is 27.5 Å². The second kappa shape index (κ2) is 10.1. The normalized spacial score (nSPS) is 20.1. The van der Waals surface area contributed by atoms with Crippen LogP contribution in [0.3, 0.4) is 0 Å². The van der Waals surface area contributed by atoms with E-state index in [1.165, 1.54) is 4.31 Å². The minimum atomic E-state index is -3.62. The molecule has 3 aromatic rings. The molecule has 2 heterocycles. The Hall–Kier alpha value is -3.20. The predicted octanol–water partition coefficient (Wildman–Crippen LogP) is 4.87. The first kappa shape index (κ1) is 26.0. The Morgan fingerprint density at radius 3 is 2.56 bits per heavy atom. The molecule has 1 saturated heterocycles. The second-order valence-corrected chi connectivity index (χ2v) is 12.9. The van der Waals surface area contributed by atoms with E-state index in [2.05, 4.69) is 0 Å². The Labute approximate surface area is 230 Å². The Kier molecular flexibility index (Phi) is 6.73.